The normalized spacial score (nSPS) is 13.7. The summed E-state index contributed by atoms with van der Waals surface area (Å²) in [4.78, 5) is 3.98. The highest BCUT2D eigenvalue weighted by molar-refractivity contribution is 5.19. The number of aromatic nitrogens is 1. The van der Waals surface area contributed by atoms with Gasteiger partial charge in [0, 0.05) is 19.2 Å². The van der Waals surface area contributed by atoms with Crippen molar-refractivity contribution in [3.05, 3.63) is 29.6 Å². The highest BCUT2D eigenvalue weighted by atomic mass is 19.4. The molecule has 1 rings (SSSR count). The molecule has 0 saturated heterocycles. The standard InChI is InChI=1S/C11H14F3NO2/c1-8-3-2-5-15-10(8)9(16)4-6-17-7-11(12,13)14/h2-3,5,9,16H,4,6-7H2,1H3. The number of pyridine rings is 1. The van der Waals surface area contributed by atoms with Crippen molar-refractivity contribution < 1.29 is 23.0 Å². The summed E-state index contributed by atoms with van der Waals surface area (Å²) in [5.74, 6) is 0. The number of aliphatic hydroxyl groups excluding tert-OH is 1. The van der Waals surface area contributed by atoms with Crippen molar-refractivity contribution in [2.24, 2.45) is 0 Å². The quantitative estimate of drug-likeness (QED) is 0.815. The van der Waals surface area contributed by atoms with Crippen LogP contribution in [0.1, 0.15) is 23.8 Å². The van der Waals surface area contributed by atoms with Gasteiger partial charge in [-0.15, -0.1) is 0 Å². The van der Waals surface area contributed by atoms with E-state index in [4.69, 9.17) is 0 Å². The van der Waals surface area contributed by atoms with E-state index in [9.17, 15) is 18.3 Å². The zero-order valence-corrected chi connectivity index (χ0v) is 9.37. The molecule has 3 nitrogen and oxygen atoms in total. The van der Waals surface area contributed by atoms with Crippen molar-refractivity contribution >= 4 is 0 Å². The molecule has 0 amide bonds. The molecule has 0 radical (unpaired) electrons. The molecule has 0 aliphatic rings. The maximum absolute atomic E-state index is 11.8. The molecule has 1 unspecified atom stereocenters. The van der Waals surface area contributed by atoms with E-state index in [1.54, 1.807) is 19.1 Å². The van der Waals surface area contributed by atoms with E-state index in [1.165, 1.54) is 6.20 Å². The fraction of sp³-hybridized carbons (Fsp3) is 0.545. The van der Waals surface area contributed by atoms with E-state index >= 15 is 0 Å². The van der Waals surface area contributed by atoms with E-state index < -0.39 is 18.9 Å². The monoisotopic (exact) mass is 249 g/mol. The molecule has 96 valence electrons. The van der Waals surface area contributed by atoms with Gasteiger partial charge in [-0.2, -0.15) is 13.2 Å². The number of ether oxygens (including phenoxy) is 1. The van der Waals surface area contributed by atoms with E-state index in [-0.39, 0.29) is 13.0 Å². The van der Waals surface area contributed by atoms with Gasteiger partial charge in [0.15, 0.2) is 0 Å². The molecule has 0 aromatic carbocycles. The summed E-state index contributed by atoms with van der Waals surface area (Å²) in [6.45, 7) is 0.333. The van der Waals surface area contributed by atoms with Crippen LogP contribution in [0.2, 0.25) is 0 Å². The number of nitrogens with zero attached hydrogens (tertiary/aromatic N) is 1. The highest BCUT2D eigenvalue weighted by Gasteiger charge is 2.27. The number of halogens is 3. The lowest BCUT2D eigenvalue weighted by molar-refractivity contribution is -0.175. The molecule has 1 N–H and O–H groups in total. The summed E-state index contributed by atoms with van der Waals surface area (Å²) in [6, 6.07) is 3.51. The maximum atomic E-state index is 11.8. The summed E-state index contributed by atoms with van der Waals surface area (Å²) in [7, 11) is 0. The van der Waals surface area contributed by atoms with Crippen LogP contribution in [0.4, 0.5) is 13.2 Å². The van der Waals surface area contributed by atoms with Gasteiger partial charge in [-0.1, -0.05) is 6.07 Å². The Kier molecular flexibility index (Phi) is 4.89. The molecule has 1 aromatic rings. The Hall–Kier alpha value is -1.14. The molecular formula is C11H14F3NO2. The predicted octanol–water partition coefficient (Wildman–Crippen LogP) is 2.39. The zero-order chi connectivity index (χ0) is 12.9. The second-order valence-electron chi connectivity index (χ2n) is 3.68. The maximum Gasteiger partial charge on any atom is 0.411 e. The van der Waals surface area contributed by atoms with Crippen LogP contribution in [0.25, 0.3) is 0 Å². The fourth-order valence-electron chi connectivity index (χ4n) is 1.37. The Morgan fingerprint density at radius 3 is 2.76 bits per heavy atom. The summed E-state index contributed by atoms with van der Waals surface area (Å²) in [5, 5.41) is 9.71. The van der Waals surface area contributed by atoms with Gasteiger partial charge in [-0.05, 0) is 18.6 Å². The van der Waals surface area contributed by atoms with Crippen molar-refractivity contribution in [2.75, 3.05) is 13.2 Å². The van der Waals surface area contributed by atoms with E-state index in [2.05, 4.69) is 9.72 Å². The van der Waals surface area contributed by atoms with Crippen LogP contribution in [0, 0.1) is 6.92 Å². The lowest BCUT2D eigenvalue weighted by Gasteiger charge is -2.13. The number of aliphatic hydroxyl groups is 1. The van der Waals surface area contributed by atoms with Gasteiger partial charge in [0.1, 0.15) is 6.61 Å². The number of hydrogen-bond acceptors (Lipinski definition) is 3. The van der Waals surface area contributed by atoms with Gasteiger partial charge >= 0.3 is 6.18 Å². The van der Waals surface area contributed by atoms with E-state index in [0.717, 1.165) is 5.56 Å². The molecule has 0 aliphatic carbocycles. The summed E-state index contributed by atoms with van der Waals surface area (Å²) >= 11 is 0. The molecule has 0 fully saturated rings. The Bertz CT molecular complexity index is 355. The largest absolute Gasteiger partial charge is 0.411 e. The SMILES string of the molecule is Cc1cccnc1C(O)CCOCC(F)(F)F. The molecule has 1 aromatic heterocycles. The van der Waals surface area contributed by atoms with Gasteiger partial charge in [0.2, 0.25) is 0 Å². The summed E-state index contributed by atoms with van der Waals surface area (Å²) < 4.78 is 39.7. The minimum Gasteiger partial charge on any atom is -0.387 e. The van der Waals surface area contributed by atoms with E-state index in [1.807, 2.05) is 0 Å². The van der Waals surface area contributed by atoms with Crippen molar-refractivity contribution in [1.29, 1.82) is 0 Å². The minimum atomic E-state index is -4.33. The number of aryl methyl sites for hydroxylation is 1. The molecule has 0 aliphatic heterocycles. The average Bonchev–Trinajstić information content (AvgIpc) is 2.23. The molecule has 6 heteroatoms. The fourth-order valence-corrected chi connectivity index (χ4v) is 1.37. The van der Waals surface area contributed by atoms with Gasteiger partial charge in [-0.3, -0.25) is 4.98 Å². The number of hydrogen-bond donors (Lipinski definition) is 1. The zero-order valence-electron chi connectivity index (χ0n) is 9.37. The third kappa shape index (κ3) is 5.14. The first kappa shape index (κ1) is 13.9. The van der Waals surface area contributed by atoms with Crippen molar-refractivity contribution in [2.45, 2.75) is 25.6 Å². The smallest absolute Gasteiger partial charge is 0.387 e. The Labute approximate surface area is 97.2 Å². The lowest BCUT2D eigenvalue weighted by atomic mass is 10.1. The molecule has 0 saturated carbocycles. The third-order valence-electron chi connectivity index (χ3n) is 2.17. The van der Waals surface area contributed by atoms with Crippen molar-refractivity contribution in [1.82, 2.24) is 4.98 Å². The van der Waals surface area contributed by atoms with Crippen LogP contribution in [0.5, 0.6) is 0 Å². The lowest BCUT2D eigenvalue weighted by Crippen LogP contribution is -2.18. The molecule has 1 heterocycles. The third-order valence-corrected chi connectivity index (χ3v) is 2.17. The van der Waals surface area contributed by atoms with Crippen molar-refractivity contribution in [3.8, 4) is 0 Å². The molecule has 0 bridgehead atoms. The molecule has 1 atom stereocenters. The Morgan fingerprint density at radius 1 is 1.47 bits per heavy atom. The second kappa shape index (κ2) is 5.97. The van der Waals surface area contributed by atoms with Crippen LogP contribution in [0.15, 0.2) is 18.3 Å². The minimum absolute atomic E-state index is 0.0912. The van der Waals surface area contributed by atoms with Crippen LogP contribution < -0.4 is 0 Å². The number of rotatable bonds is 5. The second-order valence-corrected chi connectivity index (χ2v) is 3.68. The Morgan fingerprint density at radius 2 is 2.18 bits per heavy atom. The van der Waals surface area contributed by atoms with Crippen LogP contribution >= 0.6 is 0 Å². The first-order valence-corrected chi connectivity index (χ1v) is 5.14. The van der Waals surface area contributed by atoms with E-state index in [0.29, 0.717) is 5.69 Å². The first-order valence-electron chi connectivity index (χ1n) is 5.14. The van der Waals surface area contributed by atoms with Crippen LogP contribution in [-0.4, -0.2) is 29.5 Å². The summed E-state index contributed by atoms with van der Waals surface area (Å²) in [5.41, 5.74) is 1.28. The number of alkyl halides is 3. The Balaban J connectivity index is 2.36. The van der Waals surface area contributed by atoms with Gasteiger partial charge in [0.25, 0.3) is 0 Å². The molecule has 0 spiro atoms. The van der Waals surface area contributed by atoms with Crippen LogP contribution in [-0.2, 0) is 4.74 Å². The predicted molar refractivity (Wildman–Crippen MR) is 55.4 cm³/mol. The average molecular weight is 249 g/mol. The van der Waals surface area contributed by atoms with Crippen LogP contribution in [0.3, 0.4) is 0 Å². The molecular weight excluding hydrogens is 235 g/mol. The van der Waals surface area contributed by atoms with Gasteiger partial charge in [-0.25, -0.2) is 0 Å². The molecule has 17 heavy (non-hydrogen) atoms. The van der Waals surface area contributed by atoms with Gasteiger partial charge in [0.05, 0.1) is 11.8 Å². The topological polar surface area (TPSA) is 42.4 Å². The first-order chi connectivity index (χ1) is 7.90. The highest BCUT2D eigenvalue weighted by Crippen LogP contribution is 2.19. The van der Waals surface area contributed by atoms with Crippen molar-refractivity contribution in [3.63, 3.8) is 0 Å². The van der Waals surface area contributed by atoms with Gasteiger partial charge < -0.3 is 9.84 Å². The summed E-state index contributed by atoms with van der Waals surface area (Å²) in [6.07, 6.45) is -3.61.